The molecule has 0 unspecified atom stereocenters. The molecular formula is C10H16N2O6. The molecule has 3 N–H and O–H groups in total. The number of esters is 1. The summed E-state index contributed by atoms with van der Waals surface area (Å²) in [4.78, 5) is 43.6. The van der Waals surface area contributed by atoms with Crippen LogP contribution in [0.4, 0.5) is 0 Å². The Morgan fingerprint density at radius 1 is 1.28 bits per heavy atom. The van der Waals surface area contributed by atoms with Gasteiger partial charge in [-0.25, -0.2) is 4.79 Å². The lowest BCUT2D eigenvalue weighted by molar-refractivity contribution is -0.145. The van der Waals surface area contributed by atoms with Crippen LogP contribution in [0, 0.1) is 0 Å². The lowest BCUT2D eigenvalue weighted by Crippen LogP contribution is -2.45. The molecule has 0 aromatic heterocycles. The molecule has 0 rings (SSSR count). The lowest BCUT2D eigenvalue weighted by Gasteiger charge is -2.15. The maximum Gasteiger partial charge on any atom is 0.328 e. The van der Waals surface area contributed by atoms with Crippen LogP contribution in [0.25, 0.3) is 0 Å². The number of hydrogen-bond donors (Lipinski definition) is 3. The van der Waals surface area contributed by atoms with Gasteiger partial charge < -0.3 is 20.5 Å². The van der Waals surface area contributed by atoms with E-state index in [9.17, 15) is 19.2 Å². The fourth-order valence-electron chi connectivity index (χ4n) is 1.11. The minimum atomic E-state index is -1.08. The number of methoxy groups -OCH3 is 1. The summed E-state index contributed by atoms with van der Waals surface area (Å²) in [5, 5.41) is 13.0. The molecule has 0 aliphatic rings. The first-order chi connectivity index (χ1) is 8.36. The first kappa shape index (κ1) is 15.9. The van der Waals surface area contributed by atoms with E-state index in [4.69, 9.17) is 5.11 Å². The first-order valence-corrected chi connectivity index (χ1v) is 5.20. The number of ether oxygens (including phenoxy) is 1. The summed E-state index contributed by atoms with van der Waals surface area (Å²) < 4.78 is 4.44. The van der Waals surface area contributed by atoms with Crippen molar-refractivity contribution in [1.82, 2.24) is 10.6 Å². The lowest BCUT2D eigenvalue weighted by atomic mass is 10.1. The normalized spacial score (nSPS) is 11.2. The molecule has 18 heavy (non-hydrogen) atoms. The standard InChI is InChI=1S/C10H16N2O6/c1-6(13)11-5-8(14)12-7(10(17)18-2)3-4-9(15)16/h7H,3-5H2,1-2H3,(H,11,13)(H,12,14)(H,15,16)/t7-/m1/s1. The van der Waals surface area contributed by atoms with Crippen molar-refractivity contribution in [3.8, 4) is 0 Å². The second-order valence-corrected chi connectivity index (χ2v) is 3.49. The fourth-order valence-corrected chi connectivity index (χ4v) is 1.11. The van der Waals surface area contributed by atoms with Crippen molar-refractivity contribution in [2.75, 3.05) is 13.7 Å². The summed E-state index contributed by atoms with van der Waals surface area (Å²) in [6.45, 7) is 0.964. The number of aliphatic carboxylic acids is 1. The predicted octanol–water partition coefficient (Wildman–Crippen LogP) is -1.35. The summed E-state index contributed by atoms with van der Waals surface area (Å²) in [5.74, 6) is -2.79. The molecule has 0 fully saturated rings. The average molecular weight is 260 g/mol. The van der Waals surface area contributed by atoms with Crippen molar-refractivity contribution >= 4 is 23.8 Å². The highest BCUT2D eigenvalue weighted by Crippen LogP contribution is 1.99. The van der Waals surface area contributed by atoms with E-state index >= 15 is 0 Å². The number of rotatable bonds is 7. The summed E-state index contributed by atoms with van der Waals surface area (Å²) in [7, 11) is 1.13. The van der Waals surface area contributed by atoms with E-state index in [0.29, 0.717) is 0 Å². The molecule has 0 saturated heterocycles. The average Bonchev–Trinajstić information content (AvgIpc) is 2.30. The van der Waals surface area contributed by atoms with Crippen LogP contribution >= 0.6 is 0 Å². The van der Waals surface area contributed by atoms with E-state index in [1.807, 2.05) is 0 Å². The van der Waals surface area contributed by atoms with Crippen molar-refractivity contribution < 1.29 is 29.0 Å². The quantitative estimate of drug-likeness (QED) is 0.486. The fraction of sp³-hybridized carbons (Fsp3) is 0.600. The van der Waals surface area contributed by atoms with Crippen LogP contribution in [-0.2, 0) is 23.9 Å². The molecule has 0 saturated carbocycles. The number of nitrogens with one attached hydrogen (secondary N) is 2. The van der Waals surface area contributed by atoms with Gasteiger partial charge in [0, 0.05) is 13.3 Å². The van der Waals surface area contributed by atoms with Crippen LogP contribution in [-0.4, -0.2) is 48.6 Å². The topological polar surface area (TPSA) is 122 Å². The van der Waals surface area contributed by atoms with Crippen LogP contribution < -0.4 is 10.6 Å². The van der Waals surface area contributed by atoms with E-state index in [2.05, 4.69) is 15.4 Å². The third kappa shape index (κ3) is 7.20. The number of carboxylic acid groups (broad SMARTS) is 1. The maximum absolute atomic E-state index is 11.3. The van der Waals surface area contributed by atoms with Crippen LogP contribution in [0.15, 0.2) is 0 Å². The second-order valence-electron chi connectivity index (χ2n) is 3.49. The molecule has 0 aromatic carbocycles. The highest BCUT2D eigenvalue weighted by Gasteiger charge is 2.22. The van der Waals surface area contributed by atoms with Gasteiger partial charge in [-0.3, -0.25) is 14.4 Å². The molecule has 0 bridgehead atoms. The van der Waals surface area contributed by atoms with Gasteiger partial charge in [-0.2, -0.15) is 0 Å². The molecule has 102 valence electrons. The van der Waals surface area contributed by atoms with Crippen molar-refractivity contribution in [3.63, 3.8) is 0 Å². The van der Waals surface area contributed by atoms with E-state index in [1.165, 1.54) is 6.92 Å². The van der Waals surface area contributed by atoms with Crippen LogP contribution in [0.3, 0.4) is 0 Å². The molecule has 0 aliphatic carbocycles. The molecule has 2 amide bonds. The Labute approximate surface area is 104 Å². The molecule has 0 aromatic rings. The van der Waals surface area contributed by atoms with Crippen molar-refractivity contribution in [1.29, 1.82) is 0 Å². The molecule has 1 atom stereocenters. The summed E-state index contributed by atoms with van der Waals surface area (Å²) in [6.07, 6.45) is -0.353. The molecule has 0 aliphatic heterocycles. The van der Waals surface area contributed by atoms with Crippen LogP contribution in [0.1, 0.15) is 19.8 Å². The van der Waals surface area contributed by atoms with Gasteiger partial charge in [0.15, 0.2) is 0 Å². The Balaban J connectivity index is 4.30. The Hall–Kier alpha value is -2.12. The Morgan fingerprint density at radius 3 is 2.33 bits per heavy atom. The largest absolute Gasteiger partial charge is 0.481 e. The number of amides is 2. The SMILES string of the molecule is COC(=O)[C@@H](CCC(=O)O)NC(=O)CNC(C)=O. The molecule has 0 spiro atoms. The number of hydrogen-bond acceptors (Lipinski definition) is 5. The number of carbonyl (C=O) groups is 4. The molecule has 8 nitrogen and oxygen atoms in total. The van der Waals surface area contributed by atoms with Gasteiger partial charge in [-0.15, -0.1) is 0 Å². The smallest absolute Gasteiger partial charge is 0.328 e. The van der Waals surface area contributed by atoms with Gasteiger partial charge in [0.25, 0.3) is 0 Å². The zero-order valence-corrected chi connectivity index (χ0v) is 10.2. The van der Waals surface area contributed by atoms with E-state index in [0.717, 1.165) is 7.11 Å². The van der Waals surface area contributed by atoms with Gasteiger partial charge in [0.2, 0.25) is 11.8 Å². The van der Waals surface area contributed by atoms with E-state index in [-0.39, 0.29) is 25.3 Å². The highest BCUT2D eigenvalue weighted by atomic mass is 16.5. The van der Waals surface area contributed by atoms with Crippen molar-refractivity contribution in [2.45, 2.75) is 25.8 Å². The van der Waals surface area contributed by atoms with Gasteiger partial charge >= 0.3 is 11.9 Å². The van der Waals surface area contributed by atoms with E-state index < -0.39 is 23.9 Å². The van der Waals surface area contributed by atoms with Crippen molar-refractivity contribution in [2.24, 2.45) is 0 Å². The van der Waals surface area contributed by atoms with Crippen LogP contribution in [0.5, 0.6) is 0 Å². The van der Waals surface area contributed by atoms with E-state index in [1.54, 1.807) is 0 Å². The van der Waals surface area contributed by atoms with Gasteiger partial charge in [-0.1, -0.05) is 0 Å². The zero-order valence-electron chi connectivity index (χ0n) is 10.2. The predicted molar refractivity (Wildman–Crippen MR) is 59.5 cm³/mol. The maximum atomic E-state index is 11.3. The number of carbonyl (C=O) groups excluding carboxylic acids is 3. The third-order valence-electron chi connectivity index (χ3n) is 1.97. The first-order valence-electron chi connectivity index (χ1n) is 5.20. The Morgan fingerprint density at radius 2 is 1.89 bits per heavy atom. The van der Waals surface area contributed by atoms with Gasteiger partial charge in [0.1, 0.15) is 6.04 Å². The van der Waals surface area contributed by atoms with Crippen LogP contribution in [0.2, 0.25) is 0 Å². The summed E-state index contributed by atoms with van der Waals surface area (Å²) in [5.41, 5.74) is 0. The summed E-state index contributed by atoms with van der Waals surface area (Å²) >= 11 is 0. The number of carboxylic acids is 1. The Bertz CT molecular complexity index is 341. The third-order valence-corrected chi connectivity index (χ3v) is 1.97. The second kappa shape index (κ2) is 8.04. The van der Waals surface area contributed by atoms with Gasteiger partial charge in [0.05, 0.1) is 13.7 Å². The molecular weight excluding hydrogens is 244 g/mol. The monoisotopic (exact) mass is 260 g/mol. The minimum absolute atomic E-state index is 0.0756. The molecule has 0 radical (unpaired) electrons. The Kier molecular flexibility index (Phi) is 7.10. The van der Waals surface area contributed by atoms with Crippen molar-refractivity contribution in [3.05, 3.63) is 0 Å². The van der Waals surface area contributed by atoms with Gasteiger partial charge in [-0.05, 0) is 6.42 Å². The highest BCUT2D eigenvalue weighted by molar-refractivity contribution is 5.88. The molecule has 8 heteroatoms. The minimum Gasteiger partial charge on any atom is -0.481 e. The summed E-state index contributed by atoms with van der Waals surface area (Å²) in [6, 6.07) is -1.03. The zero-order chi connectivity index (χ0) is 14.1. The molecule has 0 heterocycles.